The first-order chi connectivity index (χ1) is 12.9. The molecule has 1 aromatic heterocycles. The second-order valence-electron chi connectivity index (χ2n) is 5.26. The van der Waals surface area contributed by atoms with Gasteiger partial charge in [0.15, 0.2) is 5.13 Å². The maximum atomic E-state index is 12.4. The quantitative estimate of drug-likeness (QED) is 0.400. The largest absolute Gasteiger partial charge is 0.496 e. The number of nitro groups is 1. The number of ether oxygens (including phenoxy) is 1. The number of nitro benzene ring substituents is 1. The van der Waals surface area contributed by atoms with Gasteiger partial charge in [0.25, 0.3) is 11.6 Å². The Labute approximate surface area is 171 Å². The molecule has 0 saturated heterocycles. The van der Waals surface area contributed by atoms with E-state index in [4.69, 9.17) is 16.3 Å². The molecule has 0 aliphatic rings. The molecule has 2 aromatic carbocycles. The van der Waals surface area contributed by atoms with Crippen LogP contribution in [0.1, 0.15) is 10.4 Å². The van der Waals surface area contributed by atoms with Crippen LogP contribution in [0, 0.1) is 10.1 Å². The number of nitrogens with one attached hydrogen (secondary N) is 1. The van der Waals surface area contributed by atoms with E-state index in [-0.39, 0.29) is 16.3 Å². The zero-order valence-electron chi connectivity index (χ0n) is 13.7. The summed E-state index contributed by atoms with van der Waals surface area (Å²) < 4.78 is 5.98. The van der Waals surface area contributed by atoms with Crippen LogP contribution in [0.4, 0.5) is 10.8 Å². The van der Waals surface area contributed by atoms with E-state index >= 15 is 0 Å². The van der Waals surface area contributed by atoms with Gasteiger partial charge in [-0.25, -0.2) is 4.98 Å². The fourth-order valence-electron chi connectivity index (χ4n) is 2.25. The average Bonchev–Trinajstić information content (AvgIpc) is 3.10. The monoisotopic (exact) mass is 467 g/mol. The van der Waals surface area contributed by atoms with Crippen LogP contribution in [-0.4, -0.2) is 22.9 Å². The van der Waals surface area contributed by atoms with Gasteiger partial charge < -0.3 is 4.74 Å². The van der Waals surface area contributed by atoms with Crippen molar-refractivity contribution in [2.45, 2.75) is 0 Å². The van der Waals surface area contributed by atoms with Crippen molar-refractivity contribution in [1.82, 2.24) is 4.98 Å². The smallest absolute Gasteiger partial charge is 0.270 e. The first-order valence-electron chi connectivity index (χ1n) is 7.43. The fraction of sp³-hybridized carbons (Fsp3) is 0.0588. The van der Waals surface area contributed by atoms with Crippen LogP contribution >= 0.6 is 38.9 Å². The highest BCUT2D eigenvalue weighted by Gasteiger charge is 2.17. The van der Waals surface area contributed by atoms with E-state index in [0.29, 0.717) is 16.6 Å². The highest BCUT2D eigenvalue weighted by Crippen LogP contribution is 2.32. The van der Waals surface area contributed by atoms with Gasteiger partial charge in [0.05, 0.1) is 32.8 Å². The maximum Gasteiger partial charge on any atom is 0.270 e. The van der Waals surface area contributed by atoms with Crippen molar-refractivity contribution in [3.05, 3.63) is 67.0 Å². The molecule has 0 aliphatic carbocycles. The minimum Gasteiger partial charge on any atom is -0.496 e. The molecule has 7 nitrogen and oxygen atoms in total. The molecule has 0 fully saturated rings. The summed E-state index contributed by atoms with van der Waals surface area (Å²) in [7, 11) is 1.58. The van der Waals surface area contributed by atoms with Gasteiger partial charge in [-0.05, 0) is 40.2 Å². The van der Waals surface area contributed by atoms with Gasteiger partial charge in [0, 0.05) is 23.1 Å². The van der Waals surface area contributed by atoms with Gasteiger partial charge in [-0.15, -0.1) is 11.3 Å². The lowest BCUT2D eigenvalue weighted by Gasteiger charge is -2.05. The van der Waals surface area contributed by atoms with Crippen molar-refractivity contribution in [3.8, 4) is 17.0 Å². The topological polar surface area (TPSA) is 94.4 Å². The summed E-state index contributed by atoms with van der Waals surface area (Å²) in [5.41, 5.74) is 1.30. The van der Waals surface area contributed by atoms with E-state index in [2.05, 4.69) is 26.2 Å². The molecule has 1 heterocycles. The number of aromatic nitrogens is 1. The van der Waals surface area contributed by atoms with Crippen LogP contribution < -0.4 is 10.1 Å². The lowest BCUT2D eigenvalue weighted by Crippen LogP contribution is -2.12. The van der Waals surface area contributed by atoms with E-state index in [1.165, 1.54) is 23.5 Å². The summed E-state index contributed by atoms with van der Waals surface area (Å²) in [5.74, 6) is 0.128. The number of halogens is 2. The number of amides is 1. The molecule has 3 rings (SSSR count). The number of hydrogen-bond donors (Lipinski definition) is 1. The van der Waals surface area contributed by atoms with Crippen LogP contribution in [0.3, 0.4) is 0 Å². The molecule has 0 atom stereocenters. The van der Waals surface area contributed by atoms with Gasteiger partial charge in [-0.2, -0.15) is 0 Å². The number of anilines is 1. The molecule has 0 spiro atoms. The summed E-state index contributed by atoms with van der Waals surface area (Å²) >= 11 is 10.6. The van der Waals surface area contributed by atoms with Crippen molar-refractivity contribution < 1.29 is 14.5 Å². The molecule has 0 saturated carbocycles. The number of methoxy groups -OCH3 is 1. The third-order valence-corrected chi connectivity index (χ3v) is 5.28. The number of carbonyl (C=O) groups excluding carboxylic acids is 1. The first-order valence-corrected chi connectivity index (χ1v) is 9.49. The van der Waals surface area contributed by atoms with Crippen molar-refractivity contribution in [2.75, 3.05) is 12.4 Å². The number of thiazole rings is 1. The number of hydrogen-bond acceptors (Lipinski definition) is 6. The van der Waals surface area contributed by atoms with E-state index in [1.807, 2.05) is 12.1 Å². The van der Waals surface area contributed by atoms with E-state index in [9.17, 15) is 14.9 Å². The highest BCUT2D eigenvalue weighted by molar-refractivity contribution is 9.10. The number of non-ortho nitro benzene ring substituents is 1. The number of rotatable bonds is 5. The first kappa shape index (κ1) is 19.3. The number of nitrogens with zero attached hydrogens (tertiary/aromatic N) is 2. The molecule has 0 radical (unpaired) electrons. The van der Waals surface area contributed by atoms with Crippen LogP contribution in [0.5, 0.6) is 5.75 Å². The molecule has 10 heteroatoms. The van der Waals surface area contributed by atoms with E-state index < -0.39 is 10.8 Å². The number of carbonyl (C=O) groups is 1. The fourth-order valence-corrected chi connectivity index (χ4v) is 3.71. The van der Waals surface area contributed by atoms with Gasteiger partial charge in [-0.3, -0.25) is 20.2 Å². The Bertz CT molecular complexity index is 1040. The third kappa shape index (κ3) is 4.26. The van der Waals surface area contributed by atoms with E-state index in [1.54, 1.807) is 18.6 Å². The molecule has 1 amide bonds. The Balaban J connectivity index is 1.82. The predicted octanol–water partition coefficient (Wildman–Crippen LogP) is 5.40. The summed E-state index contributed by atoms with van der Waals surface area (Å²) in [6.07, 6.45) is 0. The van der Waals surface area contributed by atoms with Gasteiger partial charge in [0.2, 0.25) is 0 Å². The van der Waals surface area contributed by atoms with Crippen LogP contribution in [-0.2, 0) is 0 Å². The van der Waals surface area contributed by atoms with Gasteiger partial charge in [0.1, 0.15) is 5.75 Å². The average molecular weight is 469 g/mol. The van der Waals surface area contributed by atoms with Gasteiger partial charge in [-0.1, -0.05) is 11.6 Å². The summed E-state index contributed by atoms with van der Waals surface area (Å²) in [4.78, 5) is 27.1. The number of benzene rings is 2. The molecular formula is C17H11BrClN3O4S. The zero-order chi connectivity index (χ0) is 19.6. The molecule has 27 heavy (non-hydrogen) atoms. The minimum atomic E-state index is -0.587. The Kier molecular flexibility index (Phi) is 5.73. The maximum absolute atomic E-state index is 12.4. The van der Waals surface area contributed by atoms with E-state index in [0.717, 1.165) is 16.1 Å². The summed E-state index contributed by atoms with van der Waals surface area (Å²) in [6.45, 7) is 0. The van der Waals surface area contributed by atoms with Crippen LogP contribution in [0.2, 0.25) is 5.02 Å². The zero-order valence-corrected chi connectivity index (χ0v) is 16.9. The Hall–Kier alpha value is -2.49. The lowest BCUT2D eigenvalue weighted by atomic mass is 10.2. The highest BCUT2D eigenvalue weighted by atomic mass is 79.9. The van der Waals surface area contributed by atoms with Crippen LogP contribution in [0.25, 0.3) is 11.3 Å². The van der Waals surface area contributed by atoms with Crippen molar-refractivity contribution in [3.63, 3.8) is 0 Å². The van der Waals surface area contributed by atoms with Crippen LogP contribution in [0.15, 0.2) is 46.3 Å². The third-order valence-electron chi connectivity index (χ3n) is 3.58. The SMILES string of the molecule is COc1ccc(-c2csc(NC(=O)c3cc([N+](=O)[O-])ccc3Cl)n2)cc1Br. The van der Waals surface area contributed by atoms with Crippen molar-refractivity contribution in [2.24, 2.45) is 0 Å². The molecule has 0 unspecified atom stereocenters. The lowest BCUT2D eigenvalue weighted by molar-refractivity contribution is -0.384. The summed E-state index contributed by atoms with van der Waals surface area (Å²) in [5, 5.41) is 15.8. The molecule has 3 aromatic rings. The normalized spacial score (nSPS) is 10.5. The molecular weight excluding hydrogens is 458 g/mol. The van der Waals surface area contributed by atoms with Gasteiger partial charge >= 0.3 is 0 Å². The van der Waals surface area contributed by atoms with Crippen molar-refractivity contribution in [1.29, 1.82) is 0 Å². The molecule has 0 aliphatic heterocycles. The Morgan fingerprint density at radius 2 is 2.11 bits per heavy atom. The Morgan fingerprint density at radius 3 is 2.78 bits per heavy atom. The van der Waals surface area contributed by atoms with Crippen molar-refractivity contribution >= 4 is 55.6 Å². The summed E-state index contributed by atoms with van der Waals surface area (Å²) in [6, 6.07) is 9.20. The minimum absolute atomic E-state index is 0.00908. The standard InChI is InChI=1S/C17H11BrClN3O4S/c1-26-15-5-2-9(6-12(15)18)14-8-27-17(20-14)21-16(23)11-7-10(22(24)25)3-4-13(11)19/h2-8H,1H3,(H,20,21,23). The second-order valence-corrected chi connectivity index (χ2v) is 7.38. The second kappa shape index (κ2) is 8.03. The predicted molar refractivity (Wildman–Crippen MR) is 108 cm³/mol. The molecule has 1 N–H and O–H groups in total. The molecule has 0 bridgehead atoms. The Morgan fingerprint density at radius 1 is 1.33 bits per heavy atom. The molecule has 138 valence electrons.